The van der Waals surface area contributed by atoms with Gasteiger partial charge >= 0.3 is 0 Å². The zero-order chi connectivity index (χ0) is 14.5. The summed E-state index contributed by atoms with van der Waals surface area (Å²) in [6.45, 7) is 9.75. The summed E-state index contributed by atoms with van der Waals surface area (Å²) < 4.78 is 5.42. The molecule has 114 valence electrons. The molecule has 0 radical (unpaired) electrons. The predicted molar refractivity (Wildman–Crippen MR) is 79.6 cm³/mol. The Kier molecular flexibility index (Phi) is 5.54. The third kappa shape index (κ3) is 3.79. The lowest BCUT2D eigenvalue weighted by atomic mass is 9.93. The Morgan fingerprint density at radius 2 is 2.00 bits per heavy atom. The largest absolute Gasteiger partial charge is 0.338 e. The molecule has 1 saturated heterocycles. The summed E-state index contributed by atoms with van der Waals surface area (Å²) in [5.41, 5.74) is 0. The molecule has 1 aromatic rings. The van der Waals surface area contributed by atoms with Gasteiger partial charge in [-0.25, -0.2) is 0 Å². The molecule has 5 heteroatoms. The second-order valence-electron chi connectivity index (χ2n) is 6.19. The Bertz CT molecular complexity index is 396. The van der Waals surface area contributed by atoms with Gasteiger partial charge in [-0.05, 0) is 58.8 Å². The van der Waals surface area contributed by atoms with Gasteiger partial charge in [0, 0.05) is 5.92 Å². The first-order valence-electron chi connectivity index (χ1n) is 7.84. The predicted octanol–water partition coefficient (Wildman–Crippen LogP) is 2.58. The minimum atomic E-state index is 0.236. The number of hydrogen-bond donors (Lipinski definition) is 1. The van der Waals surface area contributed by atoms with Crippen LogP contribution in [0.5, 0.6) is 0 Å². The van der Waals surface area contributed by atoms with E-state index in [-0.39, 0.29) is 6.04 Å². The van der Waals surface area contributed by atoms with Gasteiger partial charge in [-0.3, -0.25) is 4.90 Å². The zero-order valence-electron chi connectivity index (χ0n) is 13.2. The molecule has 0 aromatic carbocycles. The molecular formula is C15H28N4O. The van der Waals surface area contributed by atoms with Crippen LogP contribution in [0.3, 0.4) is 0 Å². The fourth-order valence-corrected chi connectivity index (χ4v) is 2.79. The molecule has 1 aromatic heterocycles. The van der Waals surface area contributed by atoms with Crippen molar-refractivity contribution in [2.24, 2.45) is 5.92 Å². The highest BCUT2D eigenvalue weighted by atomic mass is 16.5. The van der Waals surface area contributed by atoms with Gasteiger partial charge in [0.15, 0.2) is 5.82 Å². The fourth-order valence-electron chi connectivity index (χ4n) is 2.79. The lowest BCUT2D eigenvalue weighted by molar-refractivity contribution is 0.117. The van der Waals surface area contributed by atoms with Crippen LogP contribution in [-0.2, 0) is 0 Å². The van der Waals surface area contributed by atoms with Crippen LogP contribution in [-0.4, -0.2) is 41.7 Å². The van der Waals surface area contributed by atoms with Gasteiger partial charge in [0.1, 0.15) is 0 Å². The summed E-state index contributed by atoms with van der Waals surface area (Å²) in [4.78, 5) is 6.99. The molecule has 5 nitrogen and oxygen atoms in total. The molecule has 1 unspecified atom stereocenters. The Morgan fingerprint density at radius 1 is 1.30 bits per heavy atom. The molecule has 2 rings (SSSR count). The number of piperidine rings is 1. The normalized spacial score (nSPS) is 19.6. The van der Waals surface area contributed by atoms with Crippen LogP contribution >= 0.6 is 0 Å². The average Bonchev–Trinajstić information content (AvgIpc) is 2.95. The Morgan fingerprint density at radius 3 is 2.55 bits per heavy atom. The van der Waals surface area contributed by atoms with Gasteiger partial charge in [0.25, 0.3) is 0 Å². The van der Waals surface area contributed by atoms with E-state index in [4.69, 9.17) is 4.52 Å². The van der Waals surface area contributed by atoms with Crippen molar-refractivity contribution in [1.29, 1.82) is 0 Å². The van der Waals surface area contributed by atoms with Crippen molar-refractivity contribution in [3.63, 3.8) is 0 Å². The molecule has 0 amide bonds. The molecule has 2 heterocycles. The Balaban J connectivity index is 1.86. The standard InChI is InChI=1S/C15H28N4O/c1-11(2)14-17-15(20-18-14)12(3)19-9-6-13(7-10-19)5-8-16-4/h11-13,16H,5-10H2,1-4H3. The summed E-state index contributed by atoms with van der Waals surface area (Å²) >= 11 is 0. The Hall–Kier alpha value is -0.940. The van der Waals surface area contributed by atoms with Crippen molar-refractivity contribution in [2.45, 2.75) is 52.0 Å². The Labute approximate surface area is 122 Å². The molecule has 1 N–H and O–H groups in total. The topological polar surface area (TPSA) is 54.2 Å². The first-order chi connectivity index (χ1) is 9.61. The summed E-state index contributed by atoms with van der Waals surface area (Å²) in [6, 6.07) is 0.236. The number of likely N-dealkylation sites (tertiary alicyclic amines) is 1. The van der Waals surface area contributed by atoms with Crippen molar-refractivity contribution >= 4 is 0 Å². The van der Waals surface area contributed by atoms with Crippen LogP contribution < -0.4 is 5.32 Å². The molecule has 1 aliphatic heterocycles. The second kappa shape index (κ2) is 7.18. The molecule has 0 bridgehead atoms. The highest BCUT2D eigenvalue weighted by molar-refractivity contribution is 4.96. The molecule has 1 aliphatic rings. The summed E-state index contributed by atoms with van der Waals surface area (Å²) in [5.74, 6) is 2.77. The van der Waals surface area contributed by atoms with E-state index in [1.807, 2.05) is 7.05 Å². The van der Waals surface area contributed by atoms with E-state index in [0.717, 1.165) is 37.3 Å². The zero-order valence-corrected chi connectivity index (χ0v) is 13.2. The molecule has 20 heavy (non-hydrogen) atoms. The van der Waals surface area contributed by atoms with Crippen LogP contribution in [0.25, 0.3) is 0 Å². The van der Waals surface area contributed by atoms with Gasteiger partial charge in [-0.2, -0.15) is 4.98 Å². The number of nitrogens with zero attached hydrogens (tertiary/aromatic N) is 3. The molecule has 1 atom stereocenters. The first-order valence-corrected chi connectivity index (χ1v) is 7.84. The lowest BCUT2D eigenvalue weighted by Crippen LogP contribution is -2.36. The van der Waals surface area contributed by atoms with Crippen LogP contribution in [0.4, 0.5) is 0 Å². The van der Waals surface area contributed by atoms with Crippen LogP contribution in [0, 0.1) is 5.92 Å². The maximum Gasteiger partial charge on any atom is 0.243 e. The van der Waals surface area contributed by atoms with Gasteiger partial charge in [-0.15, -0.1) is 0 Å². The van der Waals surface area contributed by atoms with Crippen molar-refractivity contribution in [3.05, 3.63) is 11.7 Å². The highest BCUT2D eigenvalue weighted by Crippen LogP contribution is 2.27. The SMILES string of the molecule is CNCCC1CCN(C(C)c2nc(C(C)C)no2)CC1. The highest BCUT2D eigenvalue weighted by Gasteiger charge is 2.26. The van der Waals surface area contributed by atoms with Gasteiger partial charge in [-0.1, -0.05) is 19.0 Å². The van der Waals surface area contributed by atoms with Gasteiger partial charge < -0.3 is 9.84 Å². The third-order valence-corrected chi connectivity index (χ3v) is 4.33. The van der Waals surface area contributed by atoms with Crippen molar-refractivity contribution in [3.8, 4) is 0 Å². The number of nitrogens with one attached hydrogen (secondary N) is 1. The van der Waals surface area contributed by atoms with Gasteiger partial charge in [0.2, 0.25) is 5.89 Å². The maximum atomic E-state index is 5.42. The third-order valence-electron chi connectivity index (χ3n) is 4.33. The smallest absolute Gasteiger partial charge is 0.243 e. The summed E-state index contributed by atoms with van der Waals surface area (Å²) in [7, 11) is 2.03. The van der Waals surface area contributed by atoms with Crippen LogP contribution in [0.15, 0.2) is 4.52 Å². The van der Waals surface area contributed by atoms with Crippen molar-refractivity contribution < 1.29 is 4.52 Å². The fraction of sp³-hybridized carbons (Fsp3) is 0.867. The van der Waals surface area contributed by atoms with E-state index in [9.17, 15) is 0 Å². The van der Waals surface area contributed by atoms with Crippen molar-refractivity contribution in [2.75, 3.05) is 26.7 Å². The lowest BCUT2D eigenvalue weighted by Gasteiger charge is -2.34. The maximum absolute atomic E-state index is 5.42. The average molecular weight is 280 g/mol. The molecule has 0 aliphatic carbocycles. The van der Waals surface area contributed by atoms with E-state index >= 15 is 0 Å². The first kappa shape index (κ1) is 15.4. The minimum Gasteiger partial charge on any atom is -0.338 e. The van der Waals surface area contributed by atoms with E-state index < -0.39 is 0 Å². The quantitative estimate of drug-likeness (QED) is 0.868. The van der Waals surface area contributed by atoms with E-state index in [1.54, 1.807) is 0 Å². The molecule has 1 fully saturated rings. The number of rotatable bonds is 6. The molecule has 0 saturated carbocycles. The summed E-state index contributed by atoms with van der Waals surface area (Å²) in [5, 5.41) is 7.31. The second-order valence-corrected chi connectivity index (χ2v) is 6.19. The molecular weight excluding hydrogens is 252 g/mol. The van der Waals surface area contributed by atoms with Crippen molar-refractivity contribution in [1.82, 2.24) is 20.4 Å². The van der Waals surface area contributed by atoms with Crippen LogP contribution in [0.2, 0.25) is 0 Å². The monoisotopic (exact) mass is 280 g/mol. The van der Waals surface area contributed by atoms with E-state index in [1.165, 1.54) is 19.3 Å². The van der Waals surface area contributed by atoms with Crippen LogP contribution in [0.1, 0.15) is 63.7 Å². The van der Waals surface area contributed by atoms with Gasteiger partial charge in [0.05, 0.1) is 6.04 Å². The minimum absolute atomic E-state index is 0.236. The number of hydrogen-bond acceptors (Lipinski definition) is 5. The summed E-state index contributed by atoms with van der Waals surface area (Å²) in [6.07, 6.45) is 3.84. The van der Waals surface area contributed by atoms with E-state index in [2.05, 4.69) is 41.1 Å². The number of aromatic nitrogens is 2. The molecule has 0 spiro atoms. The van der Waals surface area contributed by atoms with E-state index in [0.29, 0.717) is 5.92 Å².